The van der Waals surface area contributed by atoms with Gasteiger partial charge in [0.1, 0.15) is 0 Å². The van der Waals surface area contributed by atoms with Gasteiger partial charge in [0.25, 0.3) is 5.91 Å². The van der Waals surface area contributed by atoms with Gasteiger partial charge in [-0.25, -0.2) is 0 Å². The zero-order chi connectivity index (χ0) is 13.2. The quantitative estimate of drug-likeness (QED) is 0.829. The Hall–Kier alpha value is -2.10. The topological polar surface area (TPSA) is 46.3 Å². The van der Waals surface area contributed by atoms with Crippen molar-refractivity contribution in [3.8, 4) is 0 Å². The summed E-state index contributed by atoms with van der Waals surface area (Å²) in [4.78, 5) is 18.5. The first kappa shape index (κ1) is 12.0. The third kappa shape index (κ3) is 2.14. The molecular formula is C15H16N2O2. The van der Waals surface area contributed by atoms with Crippen LogP contribution in [0.25, 0.3) is 0 Å². The highest BCUT2D eigenvalue weighted by molar-refractivity contribution is 5.93. The van der Waals surface area contributed by atoms with Crippen LogP contribution >= 0.6 is 0 Å². The van der Waals surface area contributed by atoms with Crippen molar-refractivity contribution in [3.63, 3.8) is 0 Å². The number of hydrogen-bond donors (Lipinski definition) is 0. The maximum Gasteiger partial charge on any atom is 0.290 e. The highest BCUT2D eigenvalue weighted by Crippen LogP contribution is 2.33. The van der Waals surface area contributed by atoms with Crippen LogP contribution < -0.4 is 0 Å². The van der Waals surface area contributed by atoms with E-state index < -0.39 is 0 Å². The van der Waals surface area contributed by atoms with Crippen LogP contribution in [-0.2, 0) is 0 Å². The molecule has 2 aromatic heterocycles. The van der Waals surface area contributed by atoms with E-state index in [1.54, 1.807) is 18.7 Å². The van der Waals surface area contributed by atoms with E-state index in [1.807, 2.05) is 30.0 Å². The van der Waals surface area contributed by atoms with E-state index in [-0.39, 0.29) is 11.9 Å². The van der Waals surface area contributed by atoms with Crippen LogP contribution in [0.2, 0.25) is 0 Å². The molecule has 0 bridgehead atoms. The minimum absolute atomic E-state index is 0.0122. The first-order valence-corrected chi connectivity index (χ1v) is 6.52. The minimum Gasteiger partial charge on any atom is -0.459 e. The van der Waals surface area contributed by atoms with Crippen LogP contribution in [-0.4, -0.2) is 22.3 Å². The Bertz CT molecular complexity index is 577. The molecule has 3 heterocycles. The maximum atomic E-state index is 12.5. The SMILES string of the molecule is Cc1ccoc1C(=O)N1CCCC1c1ccncc1. The van der Waals surface area contributed by atoms with E-state index in [0.717, 1.165) is 30.5 Å². The average molecular weight is 256 g/mol. The lowest BCUT2D eigenvalue weighted by Crippen LogP contribution is -2.30. The highest BCUT2D eigenvalue weighted by atomic mass is 16.3. The van der Waals surface area contributed by atoms with Gasteiger partial charge in [-0.3, -0.25) is 9.78 Å². The fraction of sp³-hybridized carbons (Fsp3) is 0.333. The summed E-state index contributed by atoms with van der Waals surface area (Å²) >= 11 is 0. The van der Waals surface area contributed by atoms with Crippen LogP contribution in [0.4, 0.5) is 0 Å². The molecule has 0 spiro atoms. The molecule has 3 rings (SSSR count). The summed E-state index contributed by atoms with van der Waals surface area (Å²) < 4.78 is 5.32. The summed E-state index contributed by atoms with van der Waals surface area (Å²) in [6.45, 7) is 2.68. The number of amides is 1. The van der Waals surface area contributed by atoms with Crippen LogP contribution in [0.15, 0.2) is 41.3 Å². The van der Waals surface area contributed by atoms with Gasteiger partial charge in [-0.05, 0) is 43.5 Å². The number of carbonyl (C=O) groups is 1. The molecule has 1 amide bonds. The Morgan fingerprint density at radius 3 is 2.84 bits per heavy atom. The number of aryl methyl sites for hydroxylation is 1. The van der Waals surface area contributed by atoms with Gasteiger partial charge in [0.15, 0.2) is 5.76 Å². The molecule has 1 atom stereocenters. The third-order valence-electron chi connectivity index (χ3n) is 3.66. The Kier molecular flexibility index (Phi) is 3.07. The van der Waals surface area contributed by atoms with E-state index >= 15 is 0 Å². The van der Waals surface area contributed by atoms with Crippen LogP contribution in [0, 0.1) is 6.92 Å². The van der Waals surface area contributed by atoms with E-state index in [4.69, 9.17) is 4.42 Å². The molecule has 4 heteroatoms. The fourth-order valence-corrected chi connectivity index (χ4v) is 2.66. The molecule has 19 heavy (non-hydrogen) atoms. The predicted octanol–water partition coefficient (Wildman–Crippen LogP) is 2.96. The number of hydrogen-bond acceptors (Lipinski definition) is 3. The molecule has 98 valence electrons. The number of pyridine rings is 1. The molecule has 1 saturated heterocycles. The first-order valence-electron chi connectivity index (χ1n) is 6.52. The van der Waals surface area contributed by atoms with E-state index in [2.05, 4.69) is 4.98 Å². The smallest absolute Gasteiger partial charge is 0.290 e. The van der Waals surface area contributed by atoms with Crippen molar-refractivity contribution in [2.24, 2.45) is 0 Å². The summed E-state index contributed by atoms with van der Waals surface area (Å²) in [5.74, 6) is 0.447. The Labute approximate surface area is 112 Å². The molecule has 1 aliphatic rings. The molecule has 1 aliphatic heterocycles. The predicted molar refractivity (Wildman–Crippen MR) is 70.7 cm³/mol. The van der Waals surface area contributed by atoms with Gasteiger partial charge in [-0.1, -0.05) is 0 Å². The molecule has 0 N–H and O–H groups in total. The molecule has 0 radical (unpaired) electrons. The Morgan fingerprint density at radius 1 is 1.37 bits per heavy atom. The number of carbonyl (C=O) groups excluding carboxylic acids is 1. The van der Waals surface area contributed by atoms with E-state index in [0.29, 0.717) is 5.76 Å². The van der Waals surface area contributed by atoms with Gasteiger partial charge in [-0.2, -0.15) is 0 Å². The molecule has 1 unspecified atom stereocenters. The van der Waals surface area contributed by atoms with Crippen molar-refractivity contribution in [3.05, 3.63) is 53.7 Å². The Balaban J connectivity index is 1.88. The first-order chi connectivity index (χ1) is 9.27. The largest absolute Gasteiger partial charge is 0.459 e. The van der Waals surface area contributed by atoms with Crippen molar-refractivity contribution in [2.75, 3.05) is 6.54 Å². The van der Waals surface area contributed by atoms with Crippen LogP contribution in [0.3, 0.4) is 0 Å². The van der Waals surface area contributed by atoms with Crippen molar-refractivity contribution >= 4 is 5.91 Å². The van der Waals surface area contributed by atoms with Gasteiger partial charge in [0, 0.05) is 24.5 Å². The zero-order valence-corrected chi connectivity index (χ0v) is 10.9. The molecular weight excluding hydrogens is 240 g/mol. The summed E-state index contributed by atoms with van der Waals surface area (Å²) in [7, 11) is 0. The van der Waals surface area contributed by atoms with Crippen LogP contribution in [0.1, 0.15) is 40.6 Å². The molecule has 2 aromatic rings. The molecule has 1 fully saturated rings. The van der Waals surface area contributed by atoms with Gasteiger partial charge in [0.05, 0.1) is 12.3 Å². The van der Waals surface area contributed by atoms with Crippen molar-refractivity contribution < 1.29 is 9.21 Å². The number of furan rings is 1. The number of nitrogens with zero attached hydrogens (tertiary/aromatic N) is 2. The summed E-state index contributed by atoms with van der Waals surface area (Å²) in [5.41, 5.74) is 2.04. The van der Waals surface area contributed by atoms with E-state index in [1.165, 1.54) is 0 Å². The lowest BCUT2D eigenvalue weighted by atomic mass is 10.1. The lowest BCUT2D eigenvalue weighted by Gasteiger charge is -2.24. The molecule has 4 nitrogen and oxygen atoms in total. The summed E-state index contributed by atoms with van der Waals surface area (Å²) in [5, 5.41) is 0. The van der Waals surface area contributed by atoms with Crippen molar-refractivity contribution in [2.45, 2.75) is 25.8 Å². The Morgan fingerprint density at radius 2 is 2.16 bits per heavy atom. The third-order valence-corrected chi connectivity index (χ3v) is 3.66. The summed E-state index contributed by atoms with van der Waals surface area (Å²) in [6, 6.07) is 5.92. The van der Waals surface area contributed by atoms with Gasteiger partial charge < -0.3 is 9.32 Å². The lowest BCUT2D eigenvalue weighted by molar-refractivity contribution is 0.0702. The second kappa shape index (κ2) is 4.88. The number of likely N-dealkylation sites (tertiary alicyclic amines) is 1. The minimum atomic E-state index is -0.0122. The standard InChI is InChI=1S/C15H16N2O2/c1-11-6-10-19-14(11)15(18)17-9-2-3-13(17)12-4-7-16-8-5-12/h4-8,10,13H,2-3,9H2,1H3. The number of rotatable bonds is 2. The maximum absolute atomic E-state index is 12.5. The average Bonchev–Trinajstić information content (AvgIpc) is 3.07. The summed E-state index contributed by atoms with van der Waals surface area (Å²) in [6.07, 6.45) is 7.14. The second-order valence-electron chi connectivity index (χ2n) is 4.87. The molecule has 0 aliphatic carbocycles. The van der Waals surface area contributed by atoms with Crippen LogP contribution in [0.5, 0.6) is 0 Å². The zero-order valence-electron chi connectivity index (χ0n) is 10.9. The fourth-order valence-electron chi connectivity index (χ4n) is 2.66. The normalized spacial score (nSPS) is 18.8. The molecule has 0 aromatic carbocycles. The monoisotopic (exact) mass is 256 g/mol. The second-order valence-corrected chi connectivity index (χ2v) is 4.87. The van der Waals surface area contributed by atoms with E-state index in [9.17, 15) is 4.79 Å². The number of aromatic nitrogens is 1. The van der Waals surface area contributed by atoms with Gasteiger partial charge in [-0.15, -0.1) is 0 Å². The van der Waals surface area contributed by atoms with Gasteiger partial charge in [0.2, 0.25) is 0 Å². The van der Waals surface area contributed by atoms with Crippen molar-refractivity contribution in [1.82, 2.24) is 9.88 Å². The molecule has 0 saturated carbocycles. The van der Waals surface area contributed by atoms with Crippen molar-refractivity contribution in [1.29, 1.82) is 0 Å². The highest BCUT2D eigenvalue weighted by Gasteiger charge is 2.32. The van der Waals surface area contributed by atoms with Gasteiger partial charge >= 0.3 is 0 Å².